The van der Waals surface area contributed by atoms with Crippen molar-refractivity contribution in [2.24, 2.45) is 5.73 Å². The summed E-state index contributed by atoms with van der Waals surface area (Å²) in [4.78, 5) is 53.4. The molecule has 200 valence electrons. The van der Waals surface area contributed by atoms with E-state index in [-0.39, 0.29) is 11.9 Å². The number of hydrogen-bond acceptors (Lipinski definition) is 5. The fourth-order valence-corrected chi connectivity index (χ4v) is 4.08. The SMILES string of the molecule is CCCCCNC(=O)C(c1ccc(C)cc1)N(C(=O)C(CC(N)=O)NC(=O)OC(C)(C)C)C1CCC1. The van der Waals surface area contributed by atoms with Crippen molar-refractivity contribution in [2.45, 2.75) is 103 Å². The van der Waals surface area contributed by atoms with Gasteiger partial charge in [-0.3, -0.25) is 14.4 Å². The largest absolute Gasteiger partial charge is 0.444 e. The summed E-state index contributed by atoms with van der Waals surface area (Å²) in [5, 5.41) is 5.50. The van der Waals surface area contributed by atoms with Gasteiger partial charge in [0, 0.05) is 12.6 Å². The third kappa shape index (κ3) is 8.84. The quantitative estimate of drug-likeness (QED) is 0.377. The molecule has 2 unspecified atom stereocenters. The van der Waals surface area contributed by atoms with Crippen molar-refractivity contribution in [2.75, 3.05) is 6.54 Å². The monoisotopic (exact) mass is 502 g/mol. The van der Waals surface area contributed by atoms with Crippen molar-refractivity contribution in [3.8, 4) is 0 Å². The van der Waals surface area contributed by atoms with Gasteiger partial charge in [0.25, 0.3) is 0 Å². The Labute approximate surface area is 214 Å². The van der Waals surface area contributed by atoms with E-state index in [4.69, 9.17) is 10.5 Å². The number of carbonyl (C=O) groups is 4. The van der Waals surface area contributed by atoms with Gasteiger partial charge in [-0.25, -0.2) is 4.79 Å². The summed E-state index contributed by atoms with van der Waals surface area (Å²) in [6, 6.07) is 5.14. The first-order valence-corrected chi connectivity index (χ1v) is 12.9. The zero-order valence-corrected chi connectivity index (χ0v) is 22.3. The van der Waals surface area contributed by atoms with E-state index in [9.17, 15) is 19.2 Å². The molecule has 0 bridgehead atoms. The van der Waals surface area contributed by atoms with Gasteiger partial charge in [-0.2, -0.15) is 0 Å². The Kier molecular flexibility index (Phi) is 10.7. The number of amides is 4. The highest BCUT2D eigenvalue weighted by Crippen LogP contribution is 2.34. The minimum atomic E-state index is -1.25. The average Bonchev–Trinajstić information content (AvgIpc) is 2.73. The van der Waals surface area contributed by atoms with E-state index in [0.717, 1.165) is 44.1 Å². The van der Waals surface area contributed by atoms with E-state index in [1.54, 1.807) is 20.8 Å². The molecule has 4 amide bonds. The van der Waals surface area contributed by atoms with Crippen molar-refractivity contribution in [1.29, 1.82) is 0 Å². The molecule has 2 rings (SSSR count). The topological polar surface area (TPSA) is 131 Å². The second-order valence-corrected chi connectivity index (χ2v) is 10.5. The zero-order chi connectivity index (χ0) is 26.9. The Morgan fingerprint density at radius 1 is 1.11 bits per heavy atom. The van der Waals surface area contributed by atoms with Crippen LogP contribution in [0.4, 0.5) is 4.79 Å². The summed E-state index contributed by atoms with van der Waals surface area (Å²) in [5.74, 6) is -1.56. The van der Waals surface area contributed by atoms with Gasteiger partial charge in [0.15, 0.2) is 0 Å². The van der Waals surface area contributed by atoms with Gasteiger partial charge in [0.2, 0.25) is 17.7 Å². The lowest BCUT2D eigenvalue weighted by Gasteiger charge is -2.43. The summed E-state index contributed by atoms with van der Waals surface area (Å²) < 4.78 is 5.31. The molecule has 0 spiro atoms. The lowest BCUT2D eigenvalue weighted by atomic mass is 9.87. The van der Waals surface area contributed by atoms with Crippen molar-refractivity contribution in [3.05, 3.63) is 35.4 Å². The molecule has 0 heterocycles. The summed E-state index contributed by atoms with van der Waals surface area (Å²) in [7, 11) is 0. The number of carbonyl (C=O) groups excluding carboxylic acids is 4. The van der Waals surface area contributed by atoms with Crippen LogP contribution in [0, 0.1) is 6.92 Å². The Morgan fingerprint density at radius 3 is 2.25 bits per heavy atom. The number of alkyl carbamates (subject to hydrolysis) is 1. The van der Waals surface area contributed by atoms with Gasteiger partial charge < -0.3 is 26.0 Å². The number of benzene rings is 1. The molecule has 2 atom stereocenters. The third-order valence-corrected chi connectivity index (χ3v) is 6.12. The molecule has 9 nitrogen and oxygen atoms in total. The minimum absolute atomic E-state index is 0.194. The third-order valence-electron chi connectivity index (χ3n) is 6.12. The van der Waals surface area contributed by atoms with E-state index < -0.39 is 42.0 Å². The van der Waals surface area contributed by atoms with Gasteiger partial charge >= 0.3 is 6.09 Å². The van der Waals surface area contributed by atoms with Crippen LogP contribution in [0.2, 0.25) is 0 Å². The first-order valence-electron chi connectivity index (χ1n) is 12.9. The van der Waals surface area contributed by atoms with Crippen molar-refractivity contribution in [3.63, 3.8) is 0 Å². The molecule has 0 aliphatic heterocycles. The van der Waals surface area contributed by atoms with Gasteiger partial charge in [-0.05, 0) is 58.9 Å². The Hall–Kier alpha value is -3.10. The van der Waals surface area contributed by atoms with E-state index in [1.807, 2.05) is 31.2 Å². The van der Waals surface area contributed by atoms with Crippen LogP contribution in [0.1, 0.15) is 89.8 Å². The Balaban J connectivity index is 2.42. The predicted molar refractivity (Wildman–Crippen MR) is 138 cm³/mol. The molecule has 1 aliphatic rings. The number of nitrogens with two attached hydrogens (primary N) is 1. The Bertz CT molecular complexity index is 906. The molecule has 36 heavy (non-hydrogen) atoms. The number of hydrogen-bond donors (Lipinski definition) is 3. The first kappa shape index (κ1) is 29.1. The number of aryl methyl sites for hydroxylation is 1. The van der Waals surface area contributed by atoms with E-state index in [1.165, 1.54) is 4.90 Å². The fourth-order valence-electron chi connectivity index (χ4n) is 4.08. The van der Waals surface area contributed by atoms with E-state index in [0.29, 0.717) is 12.1 Å². The highest BCUT2D eigenvalue weighted by Gasteiger charge is 2.42. The lowest BCUT2D eigenvalue weighted by Crippen LogP contribution is -2.58. The molecule has 1 aromatic rings. The molecule has 1 aromatic carbocycles. The van der Waals surface area contributed by atoms with E-state index >= 15 is 0 Å². The minimum Gasteiger partial charge on any atom is -0.444 e. The van der Waals surface area contributed by atoms with Gasteiger partial charge in [0.05, 0.1) is 6.42 Å². The lowest BCUT2D eigenvalue weighted by molar-refractivity contribution is -0.148. The molecule has 1 fully saturated rings. The smallest absolute Gasteiger partial charge is 0.408 e. The van der Waals surface area contributed by atoms with Crippen LogP contribution in [-0.4, -0.2) is 52.9 Å². The maximum atomic E-state index is 13.9. The molecule has 4 N–H and O–H groups in total. The normalized spacial score (nSPS) is 15.2. The molecular formula is C27H42N4O5. The second-order valence-electron chi connectivity index (χ2n) is 10.5. The first-order chi connectivity index (χ1) is 16.9. The molecule has 0 radical (unpaired) electrons. The standard InChI is InChI=1S/C27H42N4O5/c1-6-7-8-16-29-24(33)23(19-14-12-18(2)13-15-19)31(20-10-9-11-20)25(34)21(17-22(28)32)30-26(35)36-27(3,4)5/h12-15,20-21,23H,6-11,16-17H2,1-5H3,(H2,28,32)(H,29,33)(H,30,35). The molecule has 9 heteroatoms. The summed E-state index contributed by atoms with van der Waals surface area (Å²) in [6.07, 6.45) is 4.00. The molecule has 0 saturated heterocycles. The molecule has 1 saturated carbocycles. The van der Waals surface area contributed by atoms with Gasteiger partial charge in [-0.15, -0.1) is 0 Å². The number of nitrogens with one attached hydrogen (secondary N) is 2. The number of unbranched alkanes of at least 4 members (excludes halogenated alkanes) is 2. The highest BCUT2D eigenvalue weighted by molar-refractivity contribution is 5.94. The molecular weight excluding hydrogens is 460 g/mol. The zero-order valence-electron chi connectivity index (χ0n) is 22.3. The van der Waals surface area contributed by atoms with Crippen molar-refractivity contribution < 1.29 is 23.9 Å². The van der Waals surface area contributed by atoms with Crippen LogP contribution in [0.15, 0.2) is 24.3 Å². The highest BCUT2D eigenvalue weighted by atomic mass is 16.6. The summed E-state index contributed by atoms with van der Waals surface area (Å²) in [6.45, 7) is 9.65. The van der Waals surface area contributed by atoms with Crippen LogP contribution >= 0.6 is 0 Å². The average molecular weight is 503 g/mol. The van der Waals surface area contributed by atoms with Crippen molar-refractivity contribution in [1.82, 2.24) is 15.5 Å². The van der Waals surface area contributed by atoms with Crippen LogP contribution in [0.3, 0.4) is 0 Å². The van der Waals surface area contributed by atoms with Crippen LogP contribution in [0.5, 0.6) is 0 Å². The van der Waals surface area contributed by atoms with Crippen LogP contribution in [-0.2, 0) is 19.1 Å². The van der Waals surface area contributed by atoms with Gasteiger partial charge in [0.1, 0.15) is 17.7 Å². The maximum Gasteiger partial charge on any atom is 0.408 e. The summed E-state index contributed by atoms with van der Waals surface area (Å²) >= 11 is 0. The molecule has 0 aromatic heterocycles. The predicted octanol–water partition coefficient (Wildman–Crippen LogP) is 3.49. The molecule has 1 aliphatic carbocycles. The van der Waals surface area contributed by atoms with Crippen molar-refractivity contribution >= 4 is 23.8 Å². The summed E-state index contributed by atoms with van der Waals surface area (Å²) in [5.41, 5.74) is 6.34. The maximum absolute atomic E-state index is 13.9. The van der Waals surface area contributed by atoms with Crippen LogP contribution < -0.4 is 16.4 Å². The second kappa shape index (κ2) is 13.3. The number of ether oxygens (including phenoxy) is 1. The Morgan fingerprint density at radius 2 is 1.75 bits per heavy atom. The van der Waals surface area contributed by atoms with Crippen LogP contribution in [0.25, 0.3) is 0 Å². The number of primary amides is 1. The van der Waals surface area contributed by atoms with Gasteiger partial charge in [-0.1, -0.05) is 49.6 Å². The number of rotatable bonds is 12. The van der Waals surface area contributed by atoms with E-state index in [2.05, 4.69) is 17.6 Å². The fraction of sp³-hybridized carbons (Fsp3) is 0.630. The number of nitrogens with zero attached hydrogens (tertiary/aromatic N) is 1.